The topological polar surface area (TPSA) is 95.9 Å². The molecular weight excluding hydrogens is 1040 g/mol. The molecule has 502 valence electrons. The van der Waals surface area contributed by atoms with Crippen LogP contribution >= 0.6 is 0 Å². The highest BCUT2D eigenvalue weighted by Crippen LogP contribution is 2.19. The van der Waals surface area contributed by atoms with Gasteiger partial charge >= 0.3 is 5.97 Å². The predicted molar refractivity (Wildman–Crippen MR) is 375 cm³/mol. The van der Waals surface area contributed by atoms with Gasteiger partial charge in [-0.1, -0.05) is 371 Å². The predicted octanol–water partition coefficient (Wildman–Crippen LogP) is 25.4. The van der Waals surface area contributed by atoms with Gasteiger partial charge in [-0.3, -0.25) is 9.59 Å². The Morgan fingerprint density at radius 2 is 0.588 bits per heavy atom. The van der Waals surface area contributed by atoms with E-state index in [1.165, 1.54) is 347 Å². The van der Waals surface area contributed by atoms with Crippen LogP contribution in [-0.2, 0) is 14.3 Å². The van der Waals surface area contributed by atoms with Crippen LogP contribution < -0.4 is 5.32 Å². The summed E-state index contributed by atoms with van der Waals surface area (Å²) in [4.78, 5) is 24.6. The Morgan fingerprint density at radius 3 is 0.929 bits per heavy atom. The molecule has 0 aromatic carbocycles. The molecule has 0 spiro atoms. The second-order valence-electron chi connectivity index (χ2n) is 26.7. The zero-order chi connectivity index (χ0) is 61.3. The van der Waals surface area contributed by atoms with E-state index >= 15 is 0 Å². The van der Waals surface area contributed by atoms with E-state index < -0.39 is 12.1 Å². The summed E-state index contributed by atoms with van der Waals surface area (Å²) in [5.41, 5.74) is 0. The molecule has 2 atom stereocenters. The van der Waals surface area contributed by atoms with Crippen molar-refractivity contribution in [1.82, 2.24) is 5.32 Å². The third-order valence-electron chi connectivity index (χ3n) is 18.2. The quantitative estimate of drug-likeness (QED) is 0.0320. The number of carbonyl (C=O) groups excluding carboxylic acids is 2. The van der Waals surface area contributed by atoms with Crippen molar-refractivity contribution < 1.29 is 24.5 Å². The SMILES string of the molecule is CCCCC/C=C\C/C=C\CCCCCCCC(=O)OCCCCCCCCCCCCCC/C=C\CCCCCCCCCCCCCCCCCC(=O)NC(CO)C(O)CCCCCCCCCCCCCCCCCCCCCCCC. The maximum absolute atomic E-state index is 12.6. The molecule has 0 aromatic rings. The van der Waals surface area contributed by atoms with Gasteiger partial charge in [0.15, 0.2) is 0 Å². The van der Waals surface area contributed by atoms with Gasteiger partial charge < -0.3 is 20.3 Å². The second kappa shape index (κ2) is 74.5. The minimum absolute atomic E-state index is 0.00430. The number of allylic oxidation sites excluding steroid dienone is 6. The lowest BCUT2D eigenvalue weighted by atomic mass is 10.0. The fraction of sp³-hybridized carbons (Fsp3) is 0.899. The number of amides is 1. The van der Waals surface area contributed by atoms with Gasteiger partial charge in [0.05, 0.1) is 25.4 Å². The van der Waals surface area contributed by atoms with Crippen LogP contribution in [0, 0.1) is 0 Å². The van der Waals surface area contributed by atoms with Crippen LogP contribution in [0.25, 0.3) is 0 Å². The summed E-state index contributed by atoms with van der Waals surface area (Å²) < 4.78 is 5.49. The number of rotatable bonds is 73. The van der Waals surface area contributed by atoms with Gasteiger partial charge in [-0.15, -0.1) is 0 Å². The van der Waals surface area contributed by atoms with Crippen molar-refractivity contribution in [3.63, 3.8) is 0 Å². The smallest absolute Gasteiger partial charge is 0.305 e. The lowest BCUT2D eigenvalue weighted by Crippen LogP contribution is -2.45. The standard InChI is InChI=1S/C79H151NO5/c1-3-5-7-9-11-13-15-17-19-20-21-22-34-37-40-44-47-51-55-59-63-67-71-77(82)76(75-81)80-78(83)72-68-64-60-56-52-48-45-41-38-35-32-30-28-26-24-23-25-27-29-31-33-36-39-42-46-50-54-58-62-66-70-74-85-79(84)73-69-65-61-57-53-49-43-18-16-14-12-10-8-6-4-2/h12,14,18,25,27,43,76-77,81-82H,3-11,13,15-17,19-24,26,28-42,44-75H2,1-2H3,(H,80,83)/b14-12-,27-25-,43-18-. The summed E-state index contributed by atoms with van der Waals surface area (Å²) in [5.74, 6) is -0.0237. The van der Waals surface area contributed by atoms with Crippen molar-refractivity contribution in [2.24, 2.45) is 0 Å². The van der Waals surface area contributed by atoms with Gasteiger partial charge in [-0.05, 0) is 83.5 Å². The molecule has 0 aliphatic carbocycles. The average molecular weight is 1200 g/mol. The number of hydrogen-bond donors (Lipinski definition) is 3. The summed E-state index contributed by atoms with van der Waals surface area (Å²) >= 11 is 0. The number of aliphatic hydroxyl groups is 2. The maximum Gasteiger partial charge on any atom is 0.305 e. The van der Waals surface area contributed by atoms with E-state index in [4.69, 9.17) is 4.74 Å². The molecule has 0 aliphatic heterocycles. The van der Waals surface area contributed by atoms with Gasteiger partial charge in [-0.25, -0.2) is 0 Å². The van der Waals surface area contributed by atoms with Crippen molar-refractivity contribution in [1.29, 1.82) is 0 Å². The molecule has 0 aliphatic rings. The van der Waals surface area contributed by atoms with Gasteiger partial charge in [0.25, 0.3) is 0 Å². The van der Waals surface area contributed by atoms with Crippen molar-refractivity contribution >= 4 is 11.9 Å². The molecule has 0 fully saturated rings. The van der Waals surface area contributed by atoms with E-state index in [0.29, 0.717) is 25.9 Å². The zero-order valence-electron chi connectivity index (χ0n) is 57.6. The third kappa shape index (κ3) is 71.0. The first-order valence-electron chi connectivity index (χ1n) is 38.7. The van der Waals surface area contributed by atoms with Crippen LogP contribution in [0.15, 0.2) is 36.5 Å². The number of nitrogens with one attached hydrogen (secondary N) is 1. The van der Waals surface area contributed by atoms with Crippen molar-refractivity contribution in [2.75, 3.05) is 13.2 Å². The highest BCUT2D eigenvalue weighted by atomic mass is 16.5. The second-order valence-corrected chi connectivity index (χ2v) is 26.7. The Bertz CT molecular complexity index is 1380. The molecule has 0 rings (SSSR count). The number of esters is 1. The van der Waals surface area contributed by atoms with Crippen LogP contribution in [0.4, 0.5) is 0 Å². The molecule has 3 N–H and O–H groups in total. The van der Waals surface area contributed by atoms with E-state index in [1.54, 1.807) is 0 Å². The van der Waals surface area contributed by atoms with Gasteiger partial charge in [0.1, 0.15) is 0 Å². The van der Waals surface area contributed by atoms with E-state index in [0.717, 1.165) is 51.4 Å². The van der Waals surface area contributed by atoms with Gasteiger partial charge in [-0.2, -0.15) is 0 Å². The monoisotopic (exact) mass is 1190 g/mol. The average Bonchev–Trinajstić information content (AvgIpc) is 3.51. The van der Waals surface area contributed by atoms with Crippen LogP contribution in [-0.4, -0.2) is 47.4 Å². The normalized spacial score (nSPS) is 12.7. The zero-order valence-corrected chi connectivity index (χ0v) is 57.6. The lowest BCUT2D eigenvalue weighted by Gasteiger charge is -2.22. The molecule has 6 heteroatoms. The van der Waals surface area contributed by atoms with E-state index in [1.807, 2.05) is 0 Å². The third-order valence-corrected chi connectivity index (χ3v) is 18.2. The molecule has 0 radical (unpaired) electrons. The molecule has 2 unspecified atom stereocenters. The molecule has 1 amide bonds. The van der Waals surface area contributed by atoms with Crippen LogP contribution in [0.3, 0.4) is 0 Å². The molecular formula is C79H151NO5. The lowest BCUT2D eigenvalue weighted by molar-refractivity contribution is -0.143. The first kappa shape index (κ1) is 83.1. The number of unbranched alkanes of at least 4 members (excludes halogenated alkanes) is 56. The molecule has 0 saturated heterocycles. The first-order chi connectivity index (χ1) is 42.0. The van der Waals surface area contributed by atoms with Crippen LogP contribution in [0.2, 0.25) is 0 Å². The first-order valence-corrected chi connectivity index (χ1v) is 38.7. The minimum Gasteiger partial charge on any atom is -0.466 e. The molecule has 0 heterocycles. The van der Waals surface area contributed by atoms with Crippen LogP contribution in [0.1, 0.15) is 431 Å². The molecule has 0 bridgehead atoms. The van der Waals surface area contributed by atoms with Crippen LogP contribution in [0.5, 0.6) is 0 Å². The maximum atomic E-state index is 12.6. The Hall–Kier alpha value is -1.92. The van der Waals surface area contributed by atoms with Crippen molar-refractivity contribution in [2.45, 2.75) is 443 Å². The van der Waals surface area contributed by atoms with Crippen molar-refractivity contribution in [3.05, 3.63) is 36.5 Å². The highest BCUT2D eigenvalue weighted by Gasteiger charge is 2.20. The summed E-state index contributed by atoms with van der Waals surface area (Å²) in [5, 5.41) is 23.5. The van der Waals surface area contributed by atoms with E-state index in [2.05, 4.69) is 55.6 Å². The Kier molecular flexibility index (Phi) is 72.9. The number of hydrogen-bond acceptors (Lipinski definition) is 5. The fourth-order valence-corrected chi connectivity index (χ4v) is 12.3. The Balaban J connectivity index is 3.37. The van der Waals surface area contributed by atoms with E-state index in [9.17, 15) is 19.8 Å². The summed E-state index contributed by atoms with van der Waals surface area (Å²) in [6, 6.07) is -0.541. The molecule has 0 saturated carbocycles. The molecule has 6 nitrogen and oxygen atoms in total. The molecule has 0 aromatic heterocycles. The van der Waals surface area contributed by atoms with Crippen molar-refractivity contribution in [3.8, 4) is 0 Å². The Labute approximate surface area is 532 Å². The van der Waals surface area contributed by atoms with Gasteiger partial charge in [0, 0.05) is 12.8 Å². The number of carbonyl (C=O) groups is 2. The van der Waals surface area contributed by atoms with E-state index in [-0.39, 0.29) is 18.5 Å². The largest absolute Gasteiger partial charge is 0.466 e. The highest BCUT2D eigenvalue weighted by molar-refractivity contribution is 5.76. The minimum atomic E-state index is -0.664. The summed E-state index contributed by atoms with van der Waals surface area (Å²) in [6.07, 6.45) is 96.5. The summed E-state index contributed by atoms with van der Waals surface area (Å²) in [6.45, 7) is 4.96. The Morgan fingerprint density at radius 1 is 0.329 bits per heavy atom. The summed E-state index contributed by atoms with van der Waals surface area (Å²) in [7, 11) is 0. The van der Waals surface area contributed by atoms with Gasteiger partial charge in [0.2, 0.25) is 5.91 Å². The number of aliphatic hydroxyl groups excluding tert-OH is 2. The molecule has 85 heavy (non-hydrogen) atoms. The fourth-order valence-electron chi connectivity index (χ4n) is 12.3. The number of ether oxygens (including phenoxy) is 1.